The lowest BCUT2D eigenvalue weighted by Crippen LogP contribution is -2.32. The lowest BCUT2D eigenvalue weighted by Gasteiger charge is -2.19. The van der Waals surface area contributed by atoms with E-state index in [4.69, 9.17) is 0 Å². The Morgan fingerprint density at radius 1 is 1.53 bits per heavy atom. The fourth-order valence-corrected chi connectivity index (χ4v) is 4.28. The van der Waals surface area contributed by atoms with E-state index in [2.05, 4.69) is 5.32 Å². The van der Waals surface area contributed by atoms with Crippen LogP contribution in [0.15, 0.2) is 10.3 Å². The minimum atomic E-state index is -3.68. The molecule has 0 bridgehead atoms. The molecule has 0 atom stereocenters. The minimum absolute atomic E-state index is 0.0219. The zero-order chi connectivity index (χ0) is 14.8. The van der Waals surface area contributed by atoms with E-state index >= 15 is 0 Å². The molecular formula is C10H17N3O4S2. The summed E-state index contributed by atoms with van der Waals surface area (Å²) in [6.07, 6.45) is 0. The van der Waals surface area contributed by atoms with E-state index in [9.17, 15) is 18.5 Å². The van der Waals surface area contributed by atoms with Gasteiger partial charge < -0.3 is 5.32 Å². The molecule has 0 aliphatic heterocycles. The van der Waals surface area contributed by atoms with Crippen molar-refractivity contribution < 1.29 is 13.3 Å². The van der Waals surface area contributed by atoms with Crippen molar-refractivity contribution in [2.75, 3.05) is 18.9 Å². The molecule has 1 heterocycles. The summed E-state index contributed by atoms with van der Waals surface area (Å²) in [6.45, 7) is 5.76. The van der Waals surface area contributed by atoms with Gasteiger partial charge in [0.25, 0.3) is 10.0 Å². The highest BCUT2D eigenvalue weighted by molar-refractivity contribution is 7.91. The van der Waals surface area contributed by atoms with E-state index < -0.39 is 14.9 Å². The molecule has 0 aromatic carbocycles. The monoisotopic (exact) mass is 307 g/mol. The largest absolute Gasteiger partial charge is 0.372 e. The fourth-order valence-electron chi connectivity index (χ4n) is 1.33. The van der Waals surface area contributed by atoms with E-state index in [0.717, 1.165) is 17.4 Å². The van der Waals surface area contributed by atoms with Crippen LogP contribution in [0.1, 0.15) is 20.8 Å². The second-order valence-corrected chi connectivity index (χ2v) is 7.46. The Morgan fingerprint density at radius 2 is 2.11 bits per heavy atom. The molecule has 0 aliphatic carbocycles. The first-order valence-electron chi connectivity index (χ1n) is 5.72. The molecule has 0 amide bonds. The SMILES string of the molecule is CCNc1sc(S(=O)(=O)N(C)C(C)C)cc1[N+](=O)[O-]. The van der Waals surface area contributed by atoms with Crippen LogP contribution < -0.4 is 5.32 Å². The Labute approximate surface area is 116 Å². The van der Waals surface area contributed by atoms with Crippen LogP contribution in [0.25, 0.3) is 0 Å². The van der Waals surface area contributed by atoms with Crippen LogP contribution in [-0.2, 0) is 10.0 Å². The number of anilines is 1. The summed E-state index contributed by atoms with van der Waals surface area (Å²) in [5.74, 6) is 0. The van der Waals surface area contributed by atoms with Crippen LogP contribution in [0.2, 0.25) is 0 Å². The zero-order valence-corrected chi connectivity index (χ0v) is 12.8. The number of hydrogen-bond donors (Lipinski definition) is 1. The summed E-state index contributed by atoms with van der Waals surface area (Å²) in [5.41, 5.74) is -0.206. The average molecular weight is 307 g/mol. The van der Waals surface area contributed by atoms with Gasteiger partial charge in [-0.1, -0.05) is 11.3 Å². The van der Waals surface area contributed by atoms with E-state index in [1.807, 2.05) is 0 Å². The normalized spacial score (nSPS) is 12.1. The Bertz CT molecular complexity index is 565. The van der Waals surface area contributed by atoms with Crippen molar-refractivity contribution in [3.8, 4) is 0 Å². The second kappa shape index (κ2) is 5.85. The number of nitro groups is 1. The maximum Gasteiger partial charge on any atom is 0.304 e. The molecule has 0 saturated heterocycles. The highest BCUT2D eigenvalue weighted by Crippen LogP contribution is 2.38. The van der Waals surface area contributed by atoms with Crippen LogP contribution in [0.5, 0.6) is 0 Å². The van der Waals surface area contributed by atoms with Gasteiger partial charge in [-0.05, 0) is 20.8 Å². The summed E-state index contributed by atoms with van der Waals surface area (Å²) in [7, 11) is -2.23. The summed E-state index contributed by atoms with van der Waals surface area (Å²) in [4.78, 5) is 10.3. The van der Waals surface area contributed by atoms with Crippen molar-refractivity contribution in [1.29, 1.82) is 0 Å². The molecule has 19 heavy (non-hydrogen) atoms. The molecule has 9 heteroatoms. The molecule has 0 aliphatic rings. The molecule has 0 saturated carbocycles. The Balaban J connectivity index is 3.29. The maximum atomic E-state index is 12.3. The summed E-state index contributed by atoms with van der Waals surface area (Å²) in [5, 5.41) is 14.0. The van der Waals surface area contributed by atoms with Gasteiger partial charge in [0.1, 0.15) is 4.21 Å². The molecule has 0 unspecified atom stereocenters. The molecule has 1 aromatic rings. The van der Waals surface area contributed by atoms with Gasteiger partial charge in [0.05, 0.1) is 4.92 Å². The van der Waals surface area contributed by atoms with Crippen molar-refractivity contribution in [2.24, 2.45) is 0 Å². The minimum Gasteiger partial charge on any atom is -0.372 e. The Kier molecular flexibility index (Phi) is 4.88. The highest BCUT2D eigenvalue weighted by atomic mass is 32.2. The topological polar surface area (TPSA) is 92.6 Å². The Morgan fingerprint density at radius 3 is 2.53 bits per heavy atom. The van der Waals surface area contributed by atoms with E-state index in [0.29, 0.717) is 6.54 Å². The van der Waals surface area contributed by atoms with Crippen molar-refractivity contribution in [2.45, 2.75) is 31.0 Å². The summed E-state index contributed by atoms with van der Waals surface area (Å²) < 4.78 is 25.7. The predicted octanol–water partition coefficient (Wildman–Crippen LogP) is 2.12. The third-order valence-corrected chi connectivity index (χ3v) is 6.15. The first-order valence-corrected chi connectivity index (χ1v) is 7.97. The number of rotatable bonds is 6. The number of nitrogens with zero attached hydrogens (tertiary/aromatic N) is 2. The smallest absolute Gasteiger partial charge is 0.304 e. The van der Waals surface area contributed by atoms with Crippen molar-refractivity contribution in [3.63, 3.8) is 0 Å². The number of sulfonamides is 1. The highest BCUT2D eigenvalue weighted by Gasteiger charge is 2.30. The molecule has 108 valence electrons. The maximum absolute atomic E-state index is 12.3. The predicted molar refractivity (Wildman–Crippen MR) is 75.2 cm³/mol. The lowest BCUT2D eigenvalue weighted by molar-refractivity contribution is -0.383. The third kappa shape index (κ3) is 3.23. The molecule has 0 fully saturated rings. The van der Waals surface area contributed by atoms with Gasteiger partial charge in [0.2, 0.25) is 0 Å². The van der Waals surface area contributed by atoms with Crippen molar-refractivity contribution >= 4 is 32.0 Å². The van der Waals surface area contributed by atoms with Crippen LogP contribution in [0.3, 0.4) is 0 Å². The van der Waals surface area contributed by atoms with Gasteiger partial charge in [-0.15, -0.1) is 0 Å². The van der Waals surface area contributed by atoms with Crippen LogP contribution in [0.4, 0.5) is 10.7 Å². The van der Waals surface area contributed by atoms with Crippen LogP contribution in [-0.4, -0.2) is 37.3 Å². The summed E-state index contributed by atoms with van der Waals surface area (Å²) >= 11 is 0.883. The van der Waals surface area contributed by atoms with E-state index in [1.165, 1.54) is 11.4 Å². The zero-order valence-electron chi connectivity index (χ0n) is 11.2. The van der Waals surface area contributed by atoms with Gasteiger partial charge in [0, 0.05) is 25.7 Å². The number of hydrogen-bond acceptors (Lipinski definition) is 6. The lowest BCUT2D eigenvalue weighted by atomic mass is 10.4. The molecule has 7 nitrogen and oxygen atoms in total. The number of nitrogens with one attached hydrogen (secondary N) is 1. The quantitative estimate of drug-likeness (QED) is 0.642. The molecule has 1 N–H and O–H groups in total. The second-order valence-electron chi connectivity index (χ2n) is 4.18. The summed E-state index contributed by atoms with van der Waals surface area (Å²) in [6, 6.07) is 0.894. The van der Waals surface area contributed by atoms with Gasteiger partial charge in [-0.25, -0.2) is 8.42 Å². The molecule has 0 radical (unpaired) electrons. The Hall–Kier alpha value is -1.19. The molecular weight excluding hydrogens is 290 g/mol. The van der Waals surface area contributed by atoms with Gasteiger partial charge in [0.15, 0.2) is 5.00 Å². The molecule has 0 spiro atoms. The third-order valence-electron chi connectivity index (χ3n) is 2.58. The first-order chi connectivity index (χ1) is 8.71. The first kappa shape index (κ1) is 15.9. The van der Waals surface area contributed by atoms with Crippen molar-refractivity contribution in [3.05, 3.63) is 16.2 Å². The van der Waals surface area contributed by atoms with Crippen LogP contribution >= 0.6 is 11.3 Å². The van der Waals surface area contributed by atoms with Gasteiger partial charge in [-0.2, -0.15) is 4.31 Å². The van der Waals surface area contributed by atoms with E-state index in [1.54, 1.807) is 20.8 Å². The van der Waals surface area contributed by atoms with Crippen molar-refractivity contribution in [1.82, 2.24) is 4.31 Å². The fraction of sp³-hybridized carbons (Fsp3) is 0.600. The average Bonchev–Trinajstić information content (AvgIpc) is 2.73. The number of thiophene rings is 1. The van der Waals surface area contributed by atoms with E-state index in [-0.39, 0.29) is 20.9 Å². The molecule has 1 aromatic heterocycles. The van der Waals surface area contributed by atoms with Gasteiger partial charge in [-0.3, -0.25) is 10.1 Å². The molecule has 1 rings (SSSR count). The van der Waals surface area contributed by atoms with Gasteiger partial charge >= 0.3 is 5.69 Å². The standard InChI is InChI=1S/C10H17N3O4S2/c1-5-11-10-8(13(14)15)6-9(18-10)19(16,17)12(4)7(2)3/h6-7,11H,5H2,1-4H3. The van der Waals surface area contributed by atoms with Crippen LogP contribution in [0, 0.1) is 10.1 Å².